The van der Waals surface area contributed by atoms with Crippen LogP contribution in [0.3, 0.4) is 0 Å². The third-order valence-corrected chi connectivity index (χ3v) is 3.80. The van der Waals surface area contributed by atoms with Crippen molar-refractivity contribution >= 4 is 5.91 Å². The molecule has 124 valence electrons. The van der Waals surface area contributed by atoms with E-state index in [9.17, 15) is 4.79 Å². The van der Waals surface area contributed by atoms with Gasteiger partial charge in [-0.1, -0.05) is 13.8 Å². The number of amides is 1. The van der Waals surface area contributed by atoms with Crippen molar-refractivity contribution in [3.05, 3.63) is 18.0 Å². The van der Waals surface area contributed by atoms with E-state index in [0.29, 0.717) is 37.4 Å². The fourth-order valence-electron chi connectivity index (χ4n) is 2.77. The van der Waals surface area contributed by atoms with Gasteiger partial charge in [0.2, 0.25) is 11.8 Å². The zero-order chi connectivity index (χ0) is 16.4. The van der Waals surface area contributed by atoms with Crippen LogP contribution in [0.4, 0.5) is 0 Å². The van der Waals surface area contributed by atoms with Gasteiger partial charge in [-0.3, -0.25) is 4.79 Å². The molecular formula is C14H21N7O2. The maximum absolute atomic E-state index is 12.8. The van der Waals surface area contributed by atoms with E-state index in [2.05, 4.69) is 39.1 Å². The summed E-state index contributed by atoms with van der Waals surface area (Å²) in [6, 6.07) is 0.0637. The molecule has 0 saturated carbocycles. The first-order valence-electron chi connectivity index (χ1n) is 7.74. The van der Waals surface area contributed by atoms with Gasteiger partial charge in [0.15, 0.2) is 0 Å². The van der Waals surface area contributed by atoms with Crippen LogP contribution in [0.1, 0.15) is 36.7 Å². The highest BCUT2D eigenvalue weighted by molar-refractivity contribution is 5.90. The molecule has 3 heterocycles. The lowest BCUT2D eigenvalue weighted by molar-refractivity contribution is -0.00807. The van der Waals surface area contributed by atoms with Crippen LogP contribution >= 0.6 is 0 Å². The predicted octanol–water partition coefficient (Wildman–Crippen LogP) is 0.581. The first kappa shape index (κ1) is 15.6. The van der Waals surface area contributed by atoms with Gasteiger partial charge >= 0.3 is 0 Å². The molecule has 1 unspecified atom stereocenters. The number of nitrogens with one attached hydrogen (secondary N) is 1. The van der Waals surface area contributed by atoms with Gasteiger partial charge < -0.3 is 9.64 Å². The minimum atomic E-state index is -0.166. The summed E-state index contributed by atoms with van der Waals surface area (Å²) < 4.78 is 7.01. The van der Waals surface area contributed by atoms with Crippen LogP contribution in [-0.4, -0.2) is 66.6 Å². The summed E-state index contributed by atoms with van der Waals surface area (Å²) in [6.45, 7) is 7.72. The van der Waals surface area contributed by atoms with Crippen LogP contribution in [0.15, 0.2) is 6.33 Å². The van der Waals surface area contributed by atoms with Crippen LogP contribution in [0, 0.1) is 12.8 Å². The van der Waals surface area contributed by atoms with Crippen molar-refractivity contribution in [2.45, 2.75) is 33.2 Å². The molecule has 0 radical (unpaired) electrons. The highest BCUT2D eigenvalue weighted by atomic mass is 16.5. The predicted molar refractivity (Wildman–Crippen MR) is 81.1 cm³/mol. The zero-order valence-electron chi connectivity index (χ0n) is 13.6. The van der Waals surface area contributed by atoms with Crippen molar-refractivity contribution < 1.29 is 9.53 Å². The Kier molecular flexibility index (Phi) is 4.37. The third kappa shape index (κ3) is 3.24. The second kappa shape index (κ2) is 6.45. The molecule has 9 nitrogen and oxygen atoms in total. The molecule has 1 aliphatic heterocycles. The smallest absolute Gasteiger partial charge is 0.293 e. The molecule has 1 fully saturated rings. The molecule has 1 amide bonds. The minimum Gasteiger partial charge on any atom is -0.377 e. The summed E-state index contributed by atoms with van der Waals surface area (Å²) >= 11 is 0. The van der Waals surface area contributed by atoms with Gasteiger partial charge in [-0.05, 0) is 19.3 Å². The van der Waals surface area contributed by atoms with E-state index in [0.717, 1.165) is 6.42 Å². The zero-order valence-corrected chi connectivity index (χ0v) is 13.6. The second-order valence-corrected chi connectivity index (χ2v) is 6.06. The Morgan fingerprint density at radius 1 is 1.52 bits per heavy atom. The molecule has 1 atom stereocenters. The van der Waals surface area contributed by atoms with E-state index < -0.39 is 0 Å². The molecule has 23 heavy (non-hydrogen) atoms. The lowest BCUT2D eigenvalue weighted by Crippen LogP contribution is -2.49. The molecule has 2 aromatic rings. The Balaban J connectivity index is 1.83. The number of aryl methyl sites for hydroxylation is 1. The first-order valence-corrected chi connectivity index (χ1v) is 7.74. The summed E-state index contributed by atoms with van der Waals surface area (Å²) in [5.74, 6) is 1.52. The number of aromatic nitrogens is 6. The Morgan fingerprint density at radius 3 is 3.04 bits per heavy atom. The van der Waals surface area contributed by atoms with Gasteiger partial charge in [0.1, 0.15) is 12.2 Å². The summed E-state index contributed by atoms with van der Waals surface area (Å²) in [5.41, 5.74) is 0. The SMILES string of the molecule is Cc1nc(C(=O)N2CCOCC2CC(C)C)nn1-c1ncn[nH]1. The highest BCUT2D eigenvalue weighted by Crippen LogP contribution is 2.18. The molecular weight excluding hydrogens is 298 g/mol. The molecule has 3 rings (SSSR count). The summed E-state index contributed by atoms with van der Waals surface area (Å²) in [6.07, 6.45) is 2.28. The number of H-pyrrole nitrogens is 1. The van der Waals surface area contributed by atoms with Crippen molar-refractivity contribution in [1.29, 1.82) is 0 Å². The maximum Gasteiger partial charge on any atom is 0.293 e. The summed E-state index contributed by atoms with van der Waals surface area (Å²) in [7, 11) is 0. The molecule has 0 spiro atoms. The van der Waals surface area contributed by atoms with Crippen LogP contribution in [-0.2, 0) is 4.74 Å². The lowest BCUT2D eigenvalue weighted by atomic mass is 10.0. The van der Waals surface area contributed by atoms with Gasteiger partial charge in [-0.25, -0.2) is 10.1 Å². The van der Waals surface area contributed by atoms with E-state index in [-0.39, 0.29) is 17.8 Å². The highest BCUT2D eigenvalue weighted by Gasteiger charge is 2.31. The molecule has 0 aromatic carbocycles. The number of carbonyl (C=O) groups is 1. The van der Waals surface area contributed by atoms with Crippen LogP contribution in [0.2, 0.25) is 0 Å². The maximum atomic E-state index is 12.8. The molecule has 0 aliphatic carbocycles. The molecule has 1 aliphatic rings. The van der Waals surface area contributed by atoms with Crippen LogP contribution in [0.5, 0.6) is 0 Å². The van der Waals surface area contributed by atoms with E-state index in [4.69, 9.17) is 4.74 Å². The Morgan fingerprint density at radius 2 is 2.35 bits per heavy atom. The Bertz CT molecular complexity index is 665. The number of morpholine rings is 1. The first-order chi connectivity index (χ1) is 11.1. The molecule has 9 heteroatoms. The number of ether oxygens (including phenoxy) is 1. The van der Waals surface area contributed by atoms with Crippen molar-refractivity contribution in [2.24, 2.45) is 5.92 Å². The Hall–Kier alpha value is -2.29. The number of hydrogen-bond acceptors (Lipinski definition) is 6. The molecule has 1 N–H and O–H groups in total. The van der Waals surface area contributed by atoms with Gasteiger partial charge in [0, 0.05) is 6.54 Å². The van der Waals surface area contributed by atoms with Gasteiger partial charge in [-0.2, -0.15) is 14.8 Å². The van der Waals surface area contributed by atoms with E-state index in [1.165, 1.54) is 11.0 Å². The average Bonchev–Trinajstić information content (AvgIpc) is 3.15. The second-order valence-electron chi connectivity index (χ2n) is 6.06. The topological polar surface area (TPSA) is 102 Å². The fraction of sp³-hybridized carbons (Fsp3) is 0.643. The lowest BCUT2D eigenvalue weighted by Gasteiger charge is -2.35. The van der Waals surface area contributed by atoms with Gasteiger partial charge in [0.05, 0.1) is 19.3 Å². The van der Waals surface area contributed by atoms with Crippen LogP contribution in [0.25, 0.3) is 5.95 Å². The van der Waals surface area contributed by atoms with Crippen molar-refractivity contribution in [3.63, 3.8) is 0 Å². The standard InChI is InChI=1S/C14H21N7O2/c1-9(2)6-11-7-23-5-4-20(11)13(22)12-17-10(3)21(19-12)14-15-8-16-18-14/h8-9,11H,4-7H2,1-3H3,(H,15,16,18). The van der Waals surface area contributed by atoms with Gasteiger partial charge in [-0.15, -0.1) is 5.10 Å². The largest absolute Gasteiger partial charge is 0.377 e. The Labute approximate surface area is 134 Å². The quantitative estimate of drug-likeness (QED) is 0.884. The van der Waals surface area contributed by atoms with Crippen molar-refractivity contribution in [1.82, 2.24) is 34.8 Å². The fourth-order valence-corrected chi connectivity index (χ4v) is 2.77. The van der Waals surface area contributed by atoms with Gasteiger partial charge in [0.25, 0.3) is 5.91 Å². The monoisotopic (exact) mass is 319 g/mol. The van der Waals surface area contributed by atoms with E-state index in [1.807, 2.05) is 4.90 Å². The van der Waals surface area contributed by atoms with E-state index >= 15 is 0 Å². The average molecular weight is 319 g/mol. The number of rotatable bonds is 4. The summed E-state index contributed by atoms with van der Waals surface area (Å²) in [4.78, 5) is 23.0. The normalized spacial score (nSPS) is 18.6. The van der Waals surface area contributed by atoms with E-state index in [1.54, 1.807) is 6.92 Å². The van der Waals surface area contributed by atoms with Crippen molar-refractivity contribution in [2.75, 3.05) is 19.8 Å². The summed E-state index contributed by atoms with van der Waals surface area (Å²) in [5, 5.41) is 10.8. The third-order valence-electron chi connectivity index (χ3n) is 3.80. The molecule has 1 saturated heterocycles. The molecule has 2 aromatic heterocycles. The number of nitrogens with zero attached hydrogens (tertiary/aromatic N) is 6. The minimum absolute atomic E-state index is 0.0637. The van der Waals surface area contributed by atoms with Crippen LogP contribution < -0.4 is 0 Å². The number of carbonyl (C=O) groups excluding carboxylic acids is 1. The number of hydrogen-bond donors (Lipinski definition) is 1. The van der Waals surface area contributed by atoms with Crippen molar-refractivity contribution in [3.8, 4) is 5.95 Å². The number of aromatic amines is 1. The molecule has 0 bridgehead atoms.